The highest BCUT2D eigenvalue weighted by Gasteiger charge is 2.33. The number of hydrogen-bond donors (Lipinski definition) is 3. The van der Waals surface area contributed by atoms with Crippen LogP contribution in [0.15, 0.2) is 53.5 Å². The number of nitrogens with zero attached hydrogens (tertiary/aromatic N) is 2. The molecule has 2 amide bonds. The molecule has 1 aromatic carbocycles. The van der Waals surface area contributed by atoms with Crippen LogP contribution >= 0.6 is 22.9 Å². The molecular formula is C26H29ClN4O6S. The zero-order chi connectivity index (χ0) is 27.1. The number of amides is 2. The summed E-state index contributed by atoms with van der Waals surface area (Å²) in [7, 11) is 1.56. The lowest BCUT2D eigenvalue weighted by atomic mass is 10.1. The molecule has 0 unspecified atom stereocenters. The number of pyridine rings is 1. The lowest BCUT2D eigenvalue weighted by molar-refractivity contribution is 0.0920. The Hall–Kier alpha value is -3.22. The highest BCUT2D eigenvalue weighted by atomic mass is 35.5. The van der Waals surface area contributed by atoms with E-state index in [2.05, 4.69) is 10.6 Å². The topological polar surface area (TPSA) is 122 Å². The quantitative estimate of drug-likeness (QED) is 0.291. The number of halogens is 1. The Morgan fingerprint density at radius 2 is 2.05 bits per heavy atom. The number of aliphatic hydroxyl groups is 1. The average Bonchev–Trinajstić information content (AvgIpc) is 3.51. The van der Waals surface area contributed by atoms with Gasteiger partial charge in [-0.3, -0.25) is 19.1 Å². The van der Waals surface area contributed by atoms with E-state index < -0.39 is 12.2 Å². The summed E-state index contributed by atoms with van der Waals surface area (Å²) in [5.41, 5.74) is 2.47. The van der Waals surface area contributed by atoms with Gasteiger partial charge < -0.3 is 25.2 Å². The molecule has 1 aliphatic heterocycles. The Kier molecular flexibility index (Phi) is 9.53. The van der Waals surface area contributed by atoms with Crippen LogP contribution in [0.5, 0.6) is 0 Å². The van der Waals surface area contributed by atoms with Gasteiger partial charge in [-0.15, -0.1) is 11.3 Å². The number of methoxy groups -OCH3 is 1. The minimum absolute atomic E-state index is 0.0379. The third-order valence-electron chi connectivity index (χ3n) is 5.98. The number of aromatic nitrogens is 1. The van der Waals surface area contributed by atoms with Gasteiger partial charge in [0.25, 0.3) is 11.5 Å². The van der Waals surface area contributed by atoms with Crippen LogP contribution in [-0.4, -0.2) is 67.7 Å². The molecule has 0 spiro atoms. The van der Waals surface area contributed by atoms with E-state index >= 15 is 0 Å². The Balaban J connectivity index is 1.48. The summed E-state index contributed by atoms with van der Waals surface area (Å²) in [6.07, 6.45) is 1.18. The number of ether oxygens (including phenoxy) is 2. The lowest BCUT2D eigenvalue weighted by Crippen LogP contribution is -2.34. The third kappa shape index (κ3) is 6.61. The average molecular weight is 561 g/mol. The number of nitrogens with one attached hydrogen (secondary N) is 2. The van der Waals surface area contributed by atoms with Crippen LogP contribution in [0.1, 0.15) is 20.8 Å². The number of carbonyl (C=O) groups excluding carboxylic acids is 2. The van der Waals surface area contributed by atoms with Gasteiger partial charge in [0.1, 0.15) is 6.10 Å². The van der Waals surface area contributed by atoms with E-state index in [-0.39, 0.29) is 37.8 Å². The second-order valence-electron chi connectivity index (χ2n) is 8.61. The van der Waals surface area contributed by atoms with Crippen molar-refractivity contribution >= 4 is 40.6 Å². The van der Waals surface area contributed by atoms with E-state index in [1.165, 1.54) is 16.2 Å². The molecule has 3 aromatic rings. The molecule has 38 heavy (non-hydrogen) atoms. The van der Waals surface area contributed by atoms with E-state index in [0.29, 0.717) is 45.7 Å². The van der Waals surface area contributed by atoms with Gasteiger partial charge in [0.15, 0.2) is 0 Å². The third-order valence-corrected chi connectivity index (χ3v) is 7.21. The maximum absolute atomic E-state index is 13.2. The zero-order valence-electron chi connectivity index (χ0n) is 20.8. The van der Waals surface area contributed by atoms with Gasteiger partial charge in [0.2, 0.25) is 0 Å². The Labute approximate surface area is 228 Å². The molecule has 12 heteroatoms. The molecule has 0 radical (unpaired) electrons. The number of aliphatic hydroxyl groups excluding tert-OH is 1. The fourth-order valence-corrected chi connectivity index (χ4v) is 5.12. The summed E-state index contributed by atoms with van der Waals surface area (Å²) >= 11 is 7.07. The normalized spacial score (nSPS) is 15.1. The number of benzene rings is 1. The van der Waals surface area contributed by atoms with Crippen LogP contribution in [0.4, 0.5) is 10.5 Å². The number of anilines is 1. The molecule has 2 aromatic heterocycles. The van der Waals surface area contributed by atoms with Crippen molar-refractivity contribution in [3.8, 4) is 5.69 Å². The van der Waals surface area contributed by atoms with E-state index in [1.807, 2.05) is 6.07 Å². The van der Waals surface area contributed by atoms with Crippen molar-refractivity contribution in [1.29, 1.82) is 0 Å². The predicted octanol–water partition coefficient (Wildman–Crippen LogP) is 2.58. The molecule has 1 saturated heterocycles. The highest BCUT2D eigenvalue weighted by molar-refractivity contribution is 7.18. The van der Waals surface area contributed by atoms with Gasteiger partial charge in [-0.1, -0.05) is 17.7 Å². The van der Waals surface area contributed by atoms with Crippen molar-refractivity contribution in [1.82, 2.24) is 15.2 Å². The summed E-state index contributed by atoms with van der Waals surface area (Å²) < 4.78 is 12.9. The lowest BCUT2D eigenvalue weighted by Gasteiger charge is -2.18. The minimum Gasteiger partial charge on any atom is -0.442 e. The number of hydrogen-bond acceptors (Lipinski definition) is 8. The van der Waals surface area contributed by atoms with Crippen molar-refractivity contribution in [2.45, 2.75) is 19.1 Å². The van der Waals surface area contributed by atoms with Gasteiger partial charge in [-0.2, -0.15) is 0 Å². The number of rotatable bonds is 12. The van der Waals surface area contributed by atoms with Gasteiger partial charge in [0.05, 0.1) is 41.2 Å². The summed E-state index contributed by atoms with van der Waals surface area (Å²) in [6, 6.07) is 12.2. The van der Waals surface area contributed by atoms with Gasteiger partial charge in [0, 0.05) is 36.7 Å². The summed E-state index contributed by atoms with van der Waals surface area (Å²) in [6.45, 7) is 1.72. The second kappa shape index (κ2) is 13.0. The first-order chi connectivity index (χ1) is 18.4. The monoisotopic (exact) mass is 560 g/mol. The highest BCUT2D eigenvalue weighted by Crippen LogP contribution is 2.27. The van der Waals surface area contributed by atoms with E-state index in [9.17, 15) is 14.4 Å². The summed E-state index contributed by atoms with van der Waals surface area (Å²) in [4.78, 5) is 40.1. The molecule has 1 aliphatic rings. The largest absolute Gasteiger partial charge is 0.442 e. The number of cyclic esters (lactones) is 1. The SMILES string of the molecule is COCc1cc(N2C[C@H](CNC(=O)c3ccc(Cl)s3)OC2=O)ccc1-n1cccc(CCNCCO)c1=O. The first kappa shape index (κ1) is 27.8. The molecule has 0 saturated carbocycles. The molecule has 4 rings (SSSR count). The maximum atomic E-state index is 13.2. The van der Waals surface area contributed by atoms with E-state index in [1.54, 1.807) is 54.3 Å². The van der Waals surface area contributed by atoms with E-state index in [4.69, 9.17) is 26.2 Å². The molecule has 202 valence electrons. The maximum Gasteiger partial charge on any atom is 0.414 e. The van der Waals surface area contributed by atoms with Crippen molar-refractivity contribution in [2.75, 3.05) is 44.8 Å². The smallest absolute Gasteiger partial charge is 0.414 e. The molecule has 1 atom stereocenters. The molecule has 0 aliphatic carbocycles. The number of thiophene rings is 1. The molecule has 10 nitrogen and oxygen atoms in total. The molecule has 3 heterocycles. The van der Waals surface area contributed by atoms with Crippen molar-refractivity contribution in [3.05, 3.63) is 79.4 Å². The van der Waals surface area contributed by atoms with Gasteiger partial charge in [-0.25, -0.2) is 4.79 Å². The van der Waals surface area contributed by atoms with Crippen molar-refractivity contribution in [2.24, 2.45) is 0 Å². The van der Waals surface area contributed by atoms with Crippen molar-refractivity contribution < 1.29 is 24.2 Å². The fourth-order valence-electron chi connectivity index (χ4n) is 4.16. The van der Waals surface area contributed by atoms with E-state index in [0.717, 1.165) is 5.56 Å². The van der Waals surface area contributed by atoms with Crippen LogP contribution < -0.4 is 21.1 Å². The second-order valence-corrected chi connectivity index (χ2v) is 10.3. The molecule has 0 bridgehead atoms. The Morgan fingerprint density at radius 3 is 2.79 bits per heavy atom. The standard InChI is InChI=1S/C26H29ClN4O6S/c1-36-16-18-13-19(4-5-21(18)30-11-2-3-17(25(30)34)8-9-28-10-12-32)31-15-20(37-26(31)35)14-29-24(33)22-6-7-23(27)38-22/h2-7,11,13,20,28,32H,8-10,12,14-16H2,1H3,(H,29,33)/t20-/m0/s1. The van der Waals surface area contributed by atoms with Gasteiger partial charge >= 0.3 is 6.09 Å². The zero-order valence-corrected chi connectivity index (χ0v) is 22.4. The molecule has 3 N–H and O–H groups in total. The predicted molar refractivity (Wildman–Crippen MR) is 146 cm³/mol. The first-order valence-electron chi connectivity index (χ1n) is 12.1. The van der Waals surface area contributed by atoms with Crippen molar-refractivity contribution in [3.63, 3.8) is 0 Å². The Bertz CT molecular complexity index is 1340. The Morgan fingerprint density at radius 1 is 1.21 bits per heavy atom. The van der Waals surface area contributed by atoms with Gasteiger partial charge in [-0.05, 0) is 49.4 Å². The van der Waals surface area contributed by atoms with Crippen LogP contribution in [0.3, 0.4) is 0 Å². The van der Waals surface area contributed by atoms with Crippen LogP contribution in [0.2, 0.25) is 4.34 Å². The molecular weight excluding hydrogens is 532 g/mol. The number of carbonyl (C=O) groups is 2. The minimum atomic E-state index is -0.522. The summed E-state index contributed by atoms with van der Waals surface area (Å²) in [5, 5.41) is 14.8. The summed E-state index contributed by atoms with van der Waals surface area (Å²) in [5.74, 6) is -0.278. The fraction of sp³-hybridized carbons (Fsp3) is 0.346. The molecule has 1 fully saturated rings. The van der Waals surface area contributed by atoms with Crippen LogP contribution in [0, 0.1) is 0 Å². The van der Waals surface area contributed by atoms with Crippen LogP contribution in [0.25, 0.3) is 5.69 Å². The van der Waals surface area contributed by atoms with Crippen LogP contribution in [-0.2, 0) is 22.5 Å². The first-order valence-corrected chi connectivity index (χ1v) is 13.3.